The number of anilines is 1. The highest BCUT2D eigenvalue weighted by atomic mass is 19.1. The molecule has 84 valence electrons. The number of aliphatic hydroxyl groups is 1. The molecular weight excluding hydrogens is 207 g/mol. The number of benzene rings is 1. The van der Waals surface area contributed by atoms with E-state index < -0.39 is 11.9 Å². The Balaban J connectivity index is 2.31. The van der Waals surface area contributed by atoms with Gasteiger partial charge < -0.3 is 10.0 Å². The quantitative estimate of drug-likeness (QED) is 0.783. The van der Waals surface area contributed by atoms with Gasteiger partial charge >= 0.3 is 0 Å². The van der Waals surface area contributed by atoms with Crippen molar-refractivity contribution in [3.63, 3.8) is 0 Å². The molecule has 0 unspecified atom stereocenters. The third-order valence-electron chi connectivity index (χ3n) is 2.94. The number of nitriles is 1. The van der Waals surface area contributed by atoms with Gasteiger partial charge in [-0.3, -0.25) is 0 Å². The number of β-amino-alcohol motifs (C(OH)–C–C–N with tert-alkyl or cyclic N) is 1. The van der Waals surface area contributed by atoms with E-state index in [9.17, 15) is 9.50 Å². The van der Waals surface area contributed by atoms with Gasteiger partial charge in [0.15, 0.2) is 0 Å². The van der Waals surface area contributed by atoms with E-state index in [2.05, 4.69) is 0 Å². The fourth-order valence-electron chi connectivity index (χ4n) is 2.15. The summed E-state index contributed by atoms with van der Waals surface area (Å²) >= 11 is 0. The van der Waals surface area contributed by atoms with Crippen molar-refractivity contribution in [3.8, 4) is 6.07 Å². The first-order chi connectivity index (χ1) is 7.61. The predicted molar refractivity (Wildman–Crippen MR) is 58.5 cm³/mol. The Labute approximate surface area is 93.7 Å². The van der Waals surface area contributed by atoms with E-state index in [4.69, 9.17) is 5.26 Å². The third-order valence-corrected chi connectivity index (χ3v) is 2.94. The van der Waals surface area contributed by atoms with Gasteiger partial charge in [0.25, 0.3) is 0 Å². The molecule has 1 saturated heterocycles. The summed E-state index contributed by atoms with van der Waals surface area (Å²) < 4.78 is 13.7. The minimum Gasteiger partial charge on any atom is -0.391 e. The van der Waals surface area contributed by atoms with Crippen LogP contribution < -0.4 is 4.90 Å². The molecule has 0 aromatic heterocycles. The largest absolute Gasteiger partial charge is 0.391 e. The van der Waals surface area contributed by atoms with E-state index in [-0.39, 0.29) is 6.04 Å². The van der Waals surface area contributed by atoms with Crippen LogP contribution in [0.25, 0.3) is 0 Å². The van der Waals surface area contributed by atoms with Crippen molar-refractivity contribution in [3.05, 3.63) is 29.6 Å². The summed E-state index contributed by atoms with van der Waals surface area (Å²) in [7, 11) is 0. The summed E-state index contributed by atoms with van der Waals surface area (Å²) in [6.45, 7) is 2.40. The molecule has 1 aliphatic heterocycles. The van der Waals surface area contributed by atoms with Crippen molar-refractivity contribution in [2.45, 2.75) is 25.5 Å². The van der Waals surface area contributed by atoms with Crippen LogP contribution in [0, 0.1) is 17.1 Å². The lowest BCUT2D eigenvalue weighted by atomic mass is 10.2. The van der Waals surface area contributed by atoms with Crippen LogP contribution in [-0.4, -0.2) is 23.8 Å². The number of halogens is 1. The average molecular weight is 220 g/mol. The monoisotopic (exact) mass is 220 g/mol. The highest BCUT2D eigenvalue weighted by Gasteiger charge is 2.29. The normalized spacial score (nSPS) is 24.5. The van der Waals surface area contributed by atoms with Crippen LogP contribution in [0.5, 0.6) is 0 Å². The lowest BCUT2D eigenvalue weighted by molar-refractivity contribution is 0.195. The van der Waals surface area contributed by atoms with Crippen LogP contribution in [-0.2, 0) is 0 Å². The maximum atomic E-state index is 13.7. The fourth-order valence-corrected chi connectivity index (χ4v) is 2.15. The molecule has 3 nitrogen and oxygen atoms in total. The molecule has 1 aliphatic rings. The highest BCUT2D eigenvalue weighted by molar-refractivity contribution is 5.52. The summed E-state index contributed by atoms with van der Waals surface area (Å²) in [6.07, 6.45) is 0.254. The molecule has 2 atom stereocenters. The molecule has 1 aromatic carbocycles. The molecule has 1 N–H and O–H groups in total. The molecule has 0 aliphatic carbocycles. The molecule has 0 amide bonds. The topological polar surface area (TPSA) is 47.3 Å². The van der Waals surface area contributed by atoms with E-state index >= 15 is 0 Å². The first-order valence-corrected chi connectivity index (χ1v) is 5.26. The van der Waals surface area contributed by atoms with Crippen molar-refractivity contribution in [1.29, 1.82) is 5.26 Å². The summed E-state index contributed by atoms with van der Waals surface area (Å²) in [6, 6.07) is 6.44. The summed E-state index contributed by atoms with van der Waals surface area (Å²) in [5.74, 6) is -0.403. The maximum absolute atomic E-state index is 13.7. The van der Waals surface area contributed by atoms with Crippen LogP contribution in [0.15, 0.2) is 18.2 Å². The van der Waals surface area contributed by atoms with E-state index in [0.717, 1.165) is 0 Å². The van der Waals surface area contributed by atoms with Crippen molar-refractivity contribution in [1.82, 2.24) is 0 Å². The lowest BCUT2D eigenvalue weighted by Crippen LogP contribution is -2.28. The van der Waals surface area contributed by atoms with E-state index in [0.29, 0.717) is 24.2 Å². The number of rotatable bonds is 1. The molecular formula is C12H13FN2O. The molecule has 0 bridgehead atoms. The van der Waals surface area contributed by atoms with Gasteiger partial charge in [0.1, 0.15) is 5.82 Å². The van der Waals surface area contributed by atoms with Crippen LogP contribution in [0.3, 0.4) is 0 Å². The molecule has 0 spiro atoms. The zero-order valence-electron chi connectivity index (χ0n) is 9.02. The number of hydrogen-bond donors (Lipinski definition) is 1. The zero-order valence-corrected chi connectivity index (χ0v) is 9.02. The zero-order chi connectivity index (χ0) is 11.7. The van der Waals surface area contributed by atoms with Gasteiger partial charge in [-0.1, -0.05) is 0 Å². The van der Waals surface area contributed by atoms with Gasteiger partial charge in [0.05, 0.1) is 23.4 Å². The molecule has 2 rings (SSSR count). The minimum absolute atomic E-state index is 0.123. The van der Waals surface area contributed by atoms with Gasteiger partial charge in [-0.25, -0.2) is 4.39 Å². The first-order valence-electron chi connectivity index (χ1n) is 5.26. The van der Waals surface area contributed by atoms with Gasteiger partial charge in [-0.15, -0.1) is 0 Å². The minimum atomic E-state index is -0.403. The second kappa shape index (κ2) is 4.11. The number of nitrogens with zero attached hydrogens (tertiary/aromatic N) is 2. The van der Waals surface area contributed by atoms with Gasteiger partial charge in [-0.2, -0.15) is 5.26 Å². The molecule has 16 heavy (non-hydrogen) atoms. The van der Waals surface area contributed by atoms with Gasteiger partial charge in [0, 0.05) is 12.6 Å². The maximum Gasteiger partial charge on any atom is 0.147 e. The van der Waals surface area contributed by atoms with Crippen LogP contribution in [0.2, 0.25) is 0 Å². The van der Waals surface area contributed by atoms with Gasteiger partial charge in [-0.05, 0) is 31.5 Å². The SMILES string of the molecule is C[C@@H]1C[C@H](O)CN1c1ccc(C#N)cc1F. The first kappa shape index (κ1) is 10.9. The van der Waals surface area contributed by atoms with Crippen LogP contribution in [0.4, 0.5) is 10.1 Å². The molecule has 1 aromatic rings. The molecule has 1 fully saturated rings. The average Bonchev–Trinajstić information content (AvgIpc) is 2.57. The van der Waals surface area contributed by atoms with E-state index in [1.54, 1.807) is 12.1 Å². The van der Waals surface area contributed by atoms with Crippen molar-refractivity contribution >= 4 is 5.69 Å². The summed E-state index contributed by atoms with van der Waals surface area (Å²) in [4.78, 5) is 1.83. The third kappa shape index (κ3) is 1.86. The fraction of sp³-hybridized carbons (Fsp3) is 0.417. The molecule has 1 heterocycles. The molecule has 4 heteroatoms. The summed E-state index contributed by atoms with van der Waals surface area (Å²) in [5, 5.41) is 18.1. The Bertz CT molecular complexity index is 441. The second-order valence-electron chi connectivity index (χ2n) is 4.17. The Morgan fingerprint density at radius 1 is 1.56 bits per heavy atom. The second-order valence-corrected chi connectivity index (χ2v) is 4.17. The predicted octanol–water partition coefficient (Wildman–Crippen LogP) is 1.66. The van der Waals surface area contributed by atoms with Crippen molar-refractivity contribution < 1.29 is 9.50 Å². The number of aliphatic hydroxyl groups excluding tert-OH is 1. The highest BCUT2D eigenvalue weighted by Crippen LogP contribution is 2.28. The Morgan fingerprint density at radius 3 is 2.81 bits per heavy atom. The van der Waals surface area contributed by atoms with Crippen LogP contribution in [0.1, 0.15) is 18.9 Å². The van der Waals surface area contributed by atoms with Gasteiger partial charge in [0.2, 0.25) is 0 Å². The van der Waals surface area contributed by atoms with Crippen molar-refractivity contribution in [2.75, 3.05) is 11.4 Å². The molecule has 0 saturated carbocycles. The smallest absolute Gasteiger partial charge is 0.147 e. The van der Waals surface area contributed by atoms with E-state index in [1.807, 2.05) is 17.9 Å². The Hall–Kier alpha value is -1.60. The number of hydrogen-bond acceptors (Lipinski definition) is 3. The molecule has 0 radical (unpaired) electrons. The lowest BCUT2D eigenvalue weighted by Gasteiger charge is -2.23. The Kier molecular flexibility index (Phi) is 2.80. The van der Waals surface area contributed by atoms with Crippen LogP contribution >= 0.6 is 0 Å². The standard InChI is InChI=1S/C12H13FN2O/c1-8-4-10(16)7-15(8)12-3-2-9(6-14)5-11(12)13/h2-3,5,8,10,16H,4,7H2,1H3/t8-,10+/m1/s1. The van der Waals surface area contributed by atoms with Crippen molar-refractivity contribution in [2.24, 2.45) is 0 Å². The Morgan fingerprint density at radius 2 is 2.31 bits per heavy atom. The van der Waals surface area contributed by atoms with E-state index in [1.165, 1.54) is 6.07 Å². The summed E-state index contributed by atoms with van der Waals surface area (Å²) in [5.41, 5.74) is 0.775.